The molecule has 166 valence electrons. The van der Waals surface area contributed by atoms with Crippen LogP contribution in [0.5, 0.6) is 11.5 Å². The van der Waals surface area contributed by atoms with Crippen molar-refractivity contribution >= 4 is 5.97 Å². The third kappa shape index (κ3) is 5.66. The summed E-state index contributed by atoms with van der Waals surface area (Å²) in [6.45, 7) is 11.6. The number of hydrogen-bond donors (Lipinski definition) is 3. The number of aliphatic hydroxyl groups excluding tert-OH is 1. The second kappa shape index (κ2) is 10.7. The lowest BCUT2D eigenvalue weighted by atomic mass is 9.73. The van der Waals surface area contributed by atoms with E-state index in [2.05, 4.69) is 19.6 Å². The first-order chi connectivity index (χ1) is 14.2. The molecule has 1 aliphatic carbocycles. The number of phenols is 2. The lowest BCUT2D eigenvalue weighted by molar-refractivity contribution is 0.0292. The third-order valence-corrected chi connectivity index (χ3v) is 5.82. The quantitative estimate of drug-likeness (QED) is 0.286. The van der Waals surface area contributed by atoms with Crippen LogP contribution in [0.4, 0.5) is 0 Å². The molecule has 0 fully saturated rings. The largest absolute Gasteiger partial charge is 0.507 e. The highest BCUT2D eigenvalue weighted by molar-refractivity contribution is 5.95. The summed E-state index contributed by atoms with van der Waals surface area (Å²) in [6, 6.07) is 1.59. The average Bonchev–Trinajstić information content (AvgIpc) is 2.66. The van der Waals surface area contributed by atoms with Crippen LogP contribution in [0.3, 0.4) is 0 Å². The molecule has 3 atom stereocenters. The Kier molecular flexibility index (Phi) is 8.54. The van der Waals surface area contributed by atoms with Crippen molar-refractivity contribution in [3.63, 3.8) is 0 Å². The predicted octanol–water partition coefficient (Wildman–Crippen LogP) is 5.38. The number of carbonyl (C=O) groups is 1. The molecule has 0 aromatic heterocycles. The average molecular weight is 417 g/mol. The minimum absolute atomic E-state index is 0.00623. The Morgan fingerprint density at radius 1 is 1.33 bits per heavy atom. The SMILES string of the molecule is C=C(C)[C@@H]1CCC(C)=C[C@H]1c1c(O)cc(CCCCC)c(C(=O)OCC(C)O)c1O. The molecule has 1 aromatic carbocycles. The van der Waals surface area contributed by atoms with E-state index < -0.39 is 12.1 Å². The third-order valence-electron chi connectivity index (χ3n) is 5.82. The maximum Gasteiger partial charge on any atom is 0.342 e. The van der Waals surface area contributed by atoms with Crippen LogP contribution in [-0.4, -0.2) is 34.0 Å². The molecule has 0 amide bonds. The van der Waals surface area contributed by atoms with Crippen LogP contribution in [0.15, 0.2) is 29.9 Å². The van der Waals surface area contributed by atoms with Crippen molar-refractivity contribution in [2.75, 3.05) is 6.61 Å². The molecule has 0 bridgehead atoms. The highest BCUT2D eigenvalue weighted by Gasteiger charge is 2.33. The number of unbranched alkanes of at least 4 members (excludes halogenated alkanes) is 2. The topological polar surface area (TPSA) is 87.0 Å². The fourth-order valence-corrected chi connectivity index (χ4v) is 4.22. The number of phenolic OH excluding ortho intramolecular Hbond substituents is 2. The van der Waals surface area contributed by atoms with Crippen molar-refractivity contribution in [2.45, 2.75) is 78.2 Å². The number of aromatic hydroxyl groups is 2. The van der Waals surface area contributed by atoms with Crippen LogP contribution in [-0.2, 0) is 11.2 Å². The van der Waals surface area contributed by atoms with Gasteiger partial charge in [-0.2, -0.15) is 0 Å². The first kappa shape index (κ1) is 24.0. The van der Waals surface area contributed by atoms with Crippen LogP contribution in [0.1, 0.15) is 87.2 Å². The lowest BCUT2D eigenvalue weighted by Gasteiger charge is -2.32. The summed E-state index contributed by atoms with van der Waals surface area (Å²) in [5.74, 6) is -1.10. The molecule has 5 nitrogen and oxygen atoms in total. The Hall–Kier alpha value is -2.27. The maximum atomic E-state index is 12.8. The van der Waals surface area contributed by atoms with Gasteiger partial charge in [-0.25, -0.2) is 4.79 Å². The summed E-state index contributed by atoms with van der Waals surface area (Å²) in [7, 11) is 0. The fourth-order valence-electron chi connectivity index (χ4n) is 4.22. The normalized spacial score (nSPS) is 19.8. The lowest BCUT2D eigenvalue weighted by Crippen LogP contribution is -2.20. The Balaban J connectivity index is 2.58. The van der Waals surface area contributed by atoms with Crippen LogP contribution in [0, 0.1) is 5.92 Å². The predicted molar refractivity (Wildman–Crippen MR) is 119 cm³/mol. The molecule has 0 saturated heterocycles. The van der Waals surface area contributed by atoms with E-state index in [9.17, 15) is 20.1 Å². The van der Waals surface area contributed by atoms with Gasteiger partial charge in [0, 0.05) is 11.5 Å². The van der Waals surface area contributed by atoms with E-state index in [1.807, 2.05) is 13.8 Å². The number of rotatable bonds is 9. The van der Waals surface area contributed by atoms with E-state index in [4.69, 9.17) is 4.74 Å². The van der Waals surface area contributed by atoms with Crippen molar-refractivity contribution in [3.8, 4) is 11.5 Å². The smallest absolute Gasteiger partial charge is 0.342 e. The number of benzene rings is 1. The minimum atomic E-state index is -0.798. The first-order valence-corrected chi connectivity index (χ1v) is 10.9. The van der Waals surface area contributed by atoms with E-state index >= 15 is 0 Å². The Bertz CT molecular complexity index is 806. The molecule has 0 saturated carbocycles. The molecule has 0 heterocycles. The number of carbonyl (C=O) groups excluding carboxylic acids is 1. The molecule has 1 aliphatic rings. The molecule has 1 aromatic rings. The van der Waals surface area contributed by atoms with E-state index in [1.165, 1.54) is 12.5 Å². The van der Waals surface area contributed by atoms with E-state index in [0.29, 0.717) is 17.5 Å². The first-order valence-electron chi connectivity index (χ1n) is 10.9. The molecular formula is C25H36O5. The highest BCUT2D eigenvalue weighted by atomic mass is 16.5. The number of aliphatic hydroxyl groups is 1. The zero-order valence-corrected chi connectivity index (χ0v) is 18.7. The zero-order valence-electron chi connectivity index (χ0n) is 18.7. The Labute approximate surface area is 180 Å². The monoisotopic (exact) mass is 416 g/mol. The van der Waals surface area contributed by atoms with Gasteiger partial charge in [0.25, 0.3) is 0 Å². The molecule has 0 spiro atoms. The zero-order chi connectivity index (χ0) is 22.4. The Morgan fingerprint density at radius 3 is 2.63 bits per heavy atom. The molecule has 0 radical (unpaired) electrons. The second-order valence-electron chi connectivity index (χ2n) is 8.63. The molecule has 2 rings (SSSR count). The highest BCUT2D eigenvalue weighted by Crippen LogP contribution is 2.48. The van der Waals surface area contributed by atoms with Gasteiger partial charge in [-0.3, -0.25) is 0 Å². The van der Waals surface area contributed by atoms with Crippen LogP contribution >= 0.6 is 0 Å². The Morgan fingerprint density at radius 2 is 2.03 bits per heavy atom. The van der Waals surface area contributed by atoms with Gasteiger partial charge in [-0.15, -0.1) is 0 Å². The molecule has 3 N–H and O–H groups in total. The molecule has 30 heavy (non-hydrogen) atoms. The molecule has 5 heteroatoms. The van der Waals surface area contributed by atoms with E-state index in [0.717, 1.165) is 37.7 Å². The minimum Gasteiger partial charge on any atom is -0.507 e. The number of allylic oxidation sites excluding steroid dienone is 3. The number of esters is 1. The maximum absolute atomic E-state index is 12.8. The van der Waals surface area contributed by atoms with Crippen molar-refractivity contribution in [1.29, 1.82) is 0 Å². The van der Waals surface area contributed by atoms with Crippen molar-refractivity contribution in [2.24, 2.45) is 5.92 Å². The molecule has 0 aliphatic heterocycles. The van der Waals surface area contributed by atoms with Gasteiger partial charge < -0.3 is 20.1 Å². The van der Waals surface area contributed by atoms with Gasteiger partial charge in [0.2, 0.25) is 0 Å². The van der Waals surface area contributed by atoms with Crippen LogP contribution in [0.25, 0.3) is 0 Å². The fraction of sp³-hybridized carbons (Fsp3) is 0.560. The van der Waals surface area contributed by atoms with Gasteiger partial charge in [0.1, 0.15) is 23.7 Å². The summed E-state index contributed by atoms with van der Waals surface area (Å²) < 4.78 is 5.23. The van der Waals surface area contributed by atoms with Gasteiger partial charge in [-0.1, -0.05) is 43.6 Å². The van der Waals surface area contributed by atoms with Crippen LogP contribution in [0.2, 0.25) is 0 Å². The van der Waals surface area contributed by atoms with Gasteiger partial charge in [0.15, 0.2) is 0 Å². The summed E-state index contributed by atoms with van der Waals surface area (Å²) in [5.41, 5.74) is 3.18. The van der Waals surface area contributed by atoms with Crippen molar-refractivity contribution < 1.29 is 24.9 Å². The standard InChI is InChI=1S/C25H36O5/c1-6-7-8-9-18-13-21(27)23(20-12-16(4)10-11-19(20)15(2)3)24(28)22(18)25(29)30-14-17(5)26/h12-13,17,19-20,26-28H,2,6-11,14H2,1,3-5H3/t17?,19-,20+/m0/s1. The van der Waals surface area contributed by atoms with Crippen molar-refractivity contribution in [1.82, 2.24) is 0 Å². The summed E-state index contributed by atoms with van der Waals surface area (Å²) in [5, 5.41) is 31.6. The summed E-state index contributed by atoms with van der Waals surface area (Å²) in [4.78, 5) is 12.8. The number of ether oxygens (including phenoxy) is 1. The number of aryl methyl sites for hydroxylation is 1. The summed E-state index contributed by atoms with van der Waals surface area (Å²) in [6.07, 6.45) is 6.46. The van der Waals surface area contributed by atoms with Gasteiger partial charge in [-0.05, 0) is 64.0 Å². The molecule has 1 unspecified atom stereocenters. The van der Waals surface area contributed by atoms with E-state index in [-0.39, 0.29) is 35.5 Å². The van der Waals surface area contributed by atoms with E-state index in [1.54, 1.807) is 6.07 Å². The van der Waals surface area contributed by atoms with Crippen LogP contribution < -0.4 is 0 Å². The van der Waals surface area contributed by atoms with Crippen molar-refractivity contribution in [3.05, 3.63) is 46.6 Å². The van der Waals surface area contributed by atoms with Gasteiger partial charge in [0.05, 0.1) is 6.10 Å². The summed E-state index contributed by atoms with van der Waals surface area (Å²) >= 11 is 0. The second-order valence-corrected chi connectivity index (χ2v) is 8.63. The molecular weight excluding hydrogens is 380 g/mol. The number of hydrogen-bond acceptors (Lipinski definition) is 5. The van der Waals surface area contributed by atoms with Gasteiger partial charge >= 0.3 is 5.97 Å².